The minimum Gasteiger partial charge on any atom is -0.370 e. The molecule has 1 amide bonds. The highest BCUT2D eigenvalue weighted by Gasteiger charge is 2.08. The van der Waals surface area contributed by atoms with E-state index in [0.29, 0.717) is 12.1 Å². The van der Waals surface area contributed by atoms with Gasteiger partial charge in [0, 0.05) is 29.4 Å². The van der Waals surface area contributed by atoms with Crippen LogP contribution in [0.1, 0.15) is 28.0 Å². The quantitative estimate of drug-likeness (QED) is 0.878. The van der Waals surface area contributed by atoms with Crippen molar-refractivity contribution in [3.8, 4) is 0 Å². The molecule has 0 aliphatic rings. The van der Waals surface area contributed by atoms with E-state index in [1.54, 1.807) is 18.3 Å². The second-order valence-corrected chi connectivity index (χ2v) is 5.00. The Bertz CT molecular complexity index is 554. The number of rotatable bonds is 5. The minimum absolute atomic E-state index is 0.111. The highest BCUT2D eigenvalue weighted by atomic mass is 32.1. The van der Waals surface area contributed by atoms with E-state index in [1.807, 2.05) is 19.2 Å². The van der Waals surface area contributed by atoms with Crippen LogP contribution in [-0.2, 0) is 6.54 Å². The van der Waals surface area contributed by atoms with Crippen molar-refractivity contribution in [3.63, 3.8) is 0 Å². The number of anilines is 1. The lowest BCUT2D eigenvalue weighted by atomic mass is 10.2. The van der Waals surface area contributed by atoms with Crippen LogP contribution < -0.4 is 10.6 Å². The lowest BCUT2D eigenvalue weighted by Crippen LogP contribution is -2.23. The Morgan fingerprint density at radius 3 is 2.95 bits per heavy atom. The van der Waals surface area contributed by atoms with Gasteiger partial charge in [-0.25, -0.2) is 9.97 Å². The summed E-state index contributed by atoms with van der Waals surface area (Å²) >= 11 is 1.52. The minimum atomic E-state index is -0.111. The highest BCUT2D eigenvalue weighted by molar-refractivity contribution is 7.09. The summed E-state index contributed by atoms with van der Waals surface area (Å²) < 4.78 is 0. The van der Waals surface area contributed by atoms with Crippen LogP contribution in [0.2, 0.25) is 0 Å². The summed E-state index contributed by atoms with van der Waals surface area (Å²) in [6.07, 6.45) is 1.73. The number of pyridine rings is 1. The molecule has 2 N–H and O–H groups in total. The molecule has 0 aromatic carbocycles. The molecule has 2 aromatic heterocycles. The van der Waals surface area contributed by atoms with Gasteiger partial charge < -0.3 is 10.6 Å². The van der Waals surface area contributed by atoms with Gasteiger partial charge in [0.25, 0.3) is 5.91 Å². The number of carbonyl (C=O) groups excluding carboxylic acids is 1. The molecule has 2 heterocycles. The molecular formula is C13H16N4OS. The van der Waals surface area contributed by atoms with E-state index in [-0.39, 0.29) is 5.91 Å². The van der Waals surface area contributed by atoms with Crippen LogP contribution in [0.5, 0.6) is 0 Å². The first kappa shape index (κ1) is 13.5. The number of thiazole rings is 1. The number of hydrogen-bond donors (Lipinski definition) is 2. The Labute approximate surface area is 116 Å². The molecule has 0 unspecified atom stereocenters. The van der Waals surface area contributed by atoms with Gasteiger partial charge in [-0.2, -0.15) is 0 Å². The average Bonchev–Trinajstić information content (AvgIpc) is 2.88. The van der Waals surface area contributed by atoms with Crippen molar-refractivity contribution in [2.75, 3.05) is 11.9 Å². The van der Waals surface area contributed by atoms with Crippen LogP contribution in [0, 0.1) is 6.92 Å². The summed E-state index contributed by atoms with van der Waals surface area (Å²) in [5, 5.41) is 8.75. The predicted molar refractivity (Wildman–Crippen MR) is 76.4 cm³/mol. The smallest absolute Gasteiger partial charge is 0.251 e. The fraction of sp³-hybridized carbons (Fsp3) is 0.308. The zero-order valence-electron chi connectivity index (χ0n) is 10.9. The SMILES string of the molecule is CCNc1cc(C(=O)NCc2nccs2)cc(C)n1. The molecule has 0 spiro atoms. The van der Waals surface area contributed by atoms with Gasteiger partial charge in [-0.15, -0.1) is 11.3 Å². The largest absolute Gasteiger partial charge is 0.370 e. The molecule has 5 nitrogen and oxygen atoms in total. The summed E-state index contributed by atoms with van der Waals surface area (Å²) in [6.45, 7) is 5.09. The normalized spacial score (nSPS) is 10.2. The lowest BCUT2D eigenvalue weighted by molar-refractivity contribution is 0.0950. The molecule has 2 rings (SSSR count). The molecule has 0 aliphatic heterocycles. The summed E-state index contributed by atoms with van der Waals surface area (Å²) in [5.41, 5.74) is 1.43. The monoisotopic (exact) mass is 276 g/mol. The van der Waals surface area contributed by atoms with Gasteiger partial charge in [-0.3, -0.25) is 4.79 Å². The molecule has 0 bridgehead atoms. The Balaban J connectivity index is 2.05. The van der Waals surface area contributed by atoms with E-state index >= 15 is 0 Å². The first-order chi connectivity index (χ1) is 9.19. The van der Waals surface area contributed by atoms with E-state index in [9.17, 15) is 4.79 Å². The molecule has 0 saturated carbocycles. The standard InChI is InChI=1S/C13H16N4OS/c1-3-14-11-7-10(6-9(2)17-11)13(18)16-8-12-15-4-5-19-12/h4-7H,3,8H2,1-2H3,(H,14,17)(H,16,18). The van der Waals surface area contributed by atoms with E-state index in [4.69, 9.17) is 0 Å². The van der Waals surface area contributed by atoms with Crippen molar-refractivity contribution in [2.45, 2.75) is 20.4 Å². The van der Waals surface area contributed by atoms with Crippen LogP contribution in [0.15, 0.2) is 23.7 Å². The third-order valence-electron chi connectivity index (χ3n) is 2.46. The Kier molecular flexibility index (Phi) is 4.46. The van der Waals surface area contributed by atoms with Gasteiger partial charge in [0.05, 0.1) is 6.54 Å². The van der Waals surface area contributed by atoms with Crippen LogP contribution in [-0.4, -0.2) is 22.4 Å². The molecule has 2 aromatic rings. The first-order valence-electron chi connectivity index (χ1n) is 6.08. The maximum atomic E-state index is 12.1. The molecule has 19 heavy (non-hydrogen) atoms. The van der Waals surface area contributed by atoms with Gasteiger partial charge >= 0.3 is 0 Å². The Morgan fingerprint density at radius 1 is 1.42 bits per heavy atom. The molecule has 0 atom stereocenters. The summed E-state index contributed by atoms with van der Waals surface area (Å²) in [6, 6.07) is 3.53. The second kappa shape index (κ2) is 6.29. The molecule has 0 saturated heterocycles. The number of carbonyl (C=O) groups is 1. The van der Waals surface area contributed by atoms with Gasteiger partial charge in [0.2, 0.25) is 0 Å². The molecule has 0 aliphatic carbocycles. The fourth-order valence-corrected chi connectivity index (χ4v) is 2.23. The van der Waals surface area contributed by atoms with Gasteiger partial charge in [-0.05, 0) is 26.0 Å². The van der Waals surface area contributed by atoms with Crippen LogP contribution in [0.3, 0.4) is 0 Å². The fourth-order valence-electron chi connectivity index (χ4n) is 1.67. The third-order valence-corrected chi connectivity index (χ3v) is 3.24. The Morgan fingerprint density at radius 2 is 2.26 bits per heavy atom. The number of aryl methyl sites for hydroxylation is 1. The van der Waals surface area contributed by atoms with Crippen LogP contribution >= 0.6 is 11.3 Å². The molecule has 6 heteroatoms. The van der Waals surface area contributed by atoms with Crippen LogP contribution in [0.25, 0.3) is 0 Å². The number of nitrogens with zero attached hydrogens (tertiary/aromatic N) is 2. The number of amides is 1. The maximum Gasteiger partial charge on any atom is 0.251 e. The third kappa shape index (κ3) is 3.75. The maximum absolute atomic E-state index is 12.1. The number of nitrogens with one attached hydrogen (secondary N) is 2. The average molecular weight is 276 g/mol. The van der Waals surface area contributed by atoms with Crippen molar-refractivity contribution in [1.29, 1.82) is 0 Å². The van der Waals surface area contributed by atoms with Gasteiger partial charge in [0.1, 0.15) is 10.8 Å². The van der Waals surface area contributed by atoms with E-state index in [1.165, 1.54) is 11.3 Å². The van der Waals surface area contributed by atoms with Crippen LogP contribution in [0.4, 0.5) is 5.82 Å². The molecule has 0 radical (unpaired) electrons. The number of aromatic nitrogens is 2. The van der Waals surface area contributed by atoms with Gasteiger partial charge in [0.15, 0.2) is 0 Å². The van der Waals surface area contributed by atoms with Crippen molar-refractivity contribution >= 4 is 23.1 Å². The zero-order chi connectivity index (χ0) is 13.7. The van der Waals surface area contributed by atoms with Crippen molar-refractivity contribution < 1.29 is 4.79 Å². The molecule has 0 fully saturated rings. The van der Waals surface area contributed by atoms with E-state index in [2.05, 4.69) is 20.6 Å². The summed E-state index contributed by atoms with van der Waals surface area (Å²) in [4.78, 5) is 20.5. The predicted octanol–water partition coefficient (Wildman–Crippen LogP) is 2.21. The first-order valence-corrected chi connectivity index (χ1v) is 6.96. The van der Waals surface area contributed by atoms with Gasteiger partial charge in [-0.1, -0.05) is 0 Å². The molecular weight excluding hydrogens is 260 g/mol. The second-order valence-electron chi connectivity index (χ2n) is 4.02. The van der Waals surface area contributed by atoms with Crippen molar-refractivity contribution in [2.24, 2.45) is 0 Å². The zero-order valence-corrected chi connectivity index (χ0v) is 11.8. The van der Waals surface area contributed by atoms with E-state index < -0.39 is 0 Å². The highest BCUT2D eigenvalue weighted by Crippen LogP contribution is 2.10. The molecule has 100 valence electrons. The van der Waals surface area contributed by atoms with Crippen molar-refractivity contribution in [3.05, 3.63) is 40.0 Å². The lowest BCUT2D eigenvalue weighted by Gasteiger charge is -2.08. The number of hydrogen-bond acceptors (Lipinski definition) is 5. The Hall–Kier alpha value is -1.95. The summed E-state index contributed by atoms with van der Waals surface area (Å²) in [7, 11) is 0. The topological polar surface area (TPSA) is 66.9 Å². The summed E-state index contributed by atoms with van der Waals surface area (Å²) in [5.74, 6) is 0.613. The van der Waals surface area contributed by atoms with Crippen molar-refractivity contribution in [1.82, 2.24) is 15.3 Å². The van der Waals surface area contributed by atoms with E-state index in [0.717, 1.165) is 23.1 Å².